The Morgan fingerprint density at radius 2 is 1.91 bits per heavy atom. The first kappa shape index (κ1) is 17.7. The van der Waals surface area contributed by atoms with E-state index in [1.807, 2.05) is 0 Å². The molecule has 0 fully saturated rings. The van der Waals surface area contributed by atoms with Crippen LogP contribution in [0.2, 0.25) is 0 Å². The van der Waals surface area contributed by atoms with Crippen molar-refractivity contribution in [3.8, 4) is 0 Å². The first-order chi connectivity index (χ1) is 10.7. The zero-order valence-electron chi connectivity index (χ0n) is 11.3. The lowest BCUT2D eigenvalue weighted by molar-refractivity contribution is -0.139. The summed E-state index contributed by atoms with van der Waals surface area (Å²) in [5.74, 6) is -0.616. The number of hydrogen-bond donors (Lipinski definition) is 1. The second-order valence-electron chi connectivity index (χ2n) is 4.53. The number of anilines is 1. The molecule has 0 aliphatic rings. The number of nitrogens with zero attached hydrogens (tertiary/aromatic N) is 1. The largest absolute Gasteiger partial charge is 0.421 e. The molecule has 0 bridgehead atoms. The zero-order chi connectivity index (χ0) is 17.2. The van der Waals surface area contributed by atoms with E-state index < -0.39 is 29.8 Å². The summed E-state index contributed by atoms with van der Waals surface area (Å²) in [6, 6.07) is 6.76. The fraction of sp³-hybridized carbons (Fsp3) is 0.143. The molecule has 0 spiro atoms. The van der Waals surface area contributed by atoms with E-state index in [4.69, 9.17) is 0 Å². The van der Waals surface area contributed by atoms with E-state index >= 15 is 0 Å². The number of benzene rings is 1. The highest BCUT2D eigenvalue weighted by Gasteiger charge is 2.34. The Labute approximate surface area is 145 Å². The molecule has 0 aliphatic carbocycles. The van der Waals surface area contributed by atoms with Crippen LogP contribution in [0.25, 0.3) is 0 Å². The molecule has 0 saturated heterocycles. The molecule has 2 aromatic rings. The van der Waals surface area contributed by atoms with Crippen LogP contribution in [0, 0.1) is 0 Å². The van der Waals surface area contributed by atoms with Crippen molar-refractivity contribution in [3.63, 3.8) is 0 Å². The van der Waals surface area contributed by atoms with Crippen LogP contribution in [0.1, 0.15) is 5.56 Å². The molecular weight excluding hydrogens is 445 g/mol. The molecule has 1 N–H and O–H groups in total. The standard InChI is InChI=1S/C14H9Br2F3N2O2/c15-8-3-4-11(10(16)6-8)20-12(22)7-21-5-1-2-9(13(21)23)14(17,18)19/h1-6H,7H2,(H,20,22). The molecule has 0 unspecified atom stereocenters. The minimum Gasteiger partial charge on any atom is -0.324 e. The van der Waals surface area contributed by atoms with Crippen LogP contribution in [-0.2, 0) is 17.5 Å². The molecule has 23 heavy (non-hydrogen) atoms. The lowest BCUT2D eigenvalue weighted by atomic mass is 10.2. The lowest BCUT2D eigenvalue weighted by Crippen LogP contribution is -2.32. The fourth-order valence-electron chi connectivity index (χ4n) is 1.81. The molecular formula is C14H9Br2F3N2O2. The van der Waals surface area contributed by atoms with Gasteiger partial charge in [-0.1, -0.05) is 15.9 Å². The number of rotatable bonds is 3. The van der Waals surface area contributed by atoms with E-state index in [1.165, 1.54) is 0 Å². The van der Waals surface area contributed by atoms with Gasteiger partial charge >= 0.3 is 6.18 Å². The Morgan fingerprint density at radius 1 is 1.22 bits per heavy atom. The number of aromatic nitrogens is 1. The number of carbonyl (C=O) groups excluding carboxylic acids is 1. The summed E-state index contributed by atoms with van der Waals surface area (Å²) in [7, 11) is 0. The van der Waals surface area contributed by atoms with Crippen molar-refractivity contribution in [2.75, 3.05) is 5.32 Å². The SMILES string of the molecule is O=C(Cn1cccc(C(F)(F)F)c1=O)Nc1ccc(Br)cc1Br. The normalized spacial score (nSPS) is 11.3. The van der Waals surface area contributed by atoms with Crippen molar-refractivity contribution in [2.24, 2.45) is 0 Å². The molecule has 1 aromatic carbocycles. The van der Waals surface area contributed by atoms with E-state index in [0.29, 0.717) is 20.8 Å². The highest BCUT2D eigenvalue weighted by Crippen LogP contribution is 2.27. The third kappa shape index (κ3) is 4.44. The van der Waals surface area contributed by atoms with Gasteiger partial charge in [0.2, 0.25) is 5.91 Å². The van der Waals surface area contributed by atoms with Crippen LogP contribution in [-0.4, -0.2) is 10.5 Å². The Balaban J connectivity index is 2.20. The summed E-state index contributed by atoms with van der Waals surface area (Å²) in [6.07, 6.45) is -3.63. The number of alkyl halides is 3. The molecule has 1 heterocycles. The van der Waals surface area contributed by atoms with Gasteiger partial charge in [0.05, 0.1) is 5.69 Å². The van der Waals surface area contributed by atoms with Gasteiger partial charge in [-0.25, -0.2) is 0 Å². The van der Waals surface area contributed by atoms with Crippen LogP contribution >= 0.6 is 31.9 Å². The van der Waals surface area contributed by atoms with Crippen LogP contribution < -0.4 is 10.9 Å². The molecule has 4 nitrogen and oxygen atoms in total. The highest BCUT2D eigenvalue weighted by molar-refractivity contribution is 9.11. The van der Waals surface area contributed by atoms with Gasteiger partial charge in [-0.3, -0.25) is 9.59 Å². The first-order valence-electron chi connectivity index (χ1n) is 6.20. The third-order valence-electron chi connectivity index (χ3n) is 2.84. The molecule has 0 saturated carbocycles. The maximum atomic E-state index is 12.7. The van der Waals surface area contributed by atoms with E-state index in [2.05, 4.69) is 37.2 Å². The number of hydrogen-bond acceptors (Lipinski definition) is 2. The van der Waals surface area contributed by atoms with Gasteiger partial charge in [-0.2, -0.15) is 13.2 Å². The van der Waals surface area contributed by atoms with Gasteiger partial charge < -0.3 is 9.88 Å². The molecule has 0 atom stereocenters. The Hall–Kier alpha value is -1.61. The second-order valence-corrected chi connectivity index (χ2v) is 6.30. The second kappa shape index (κ2) is 6.88. The van der Waals surface area contributed by atoms with Crippen molar-refractivity contribution in [3.05, 3.63) is 61.4 Å². The van der Waals surface area contributed by atoms with Gasteiger partial charge in [0, 0.05) is 15.1 Å². The van der Waals surface area contributed by atoms with Crippen LogP contribution in [0.4, 0.5) is 18.9 Å². The Kier molecular flexibility index (Phi) is 5.30. The minimum atomic E-state index is -4.76. The maximum absolute atomic E-state index is 12.7. The number of halogens is 5. The number of carbonyl (C=O) groups is 1. The molecule has 0 aliphatic heterocycles. The maximum Gasteiger partial charge on any atom is 0.421 e. The summed E-state index contributed by atoms with van der Waals surface area (Å²) < 4.78 is 40.1. The van der Waals surface area contributed by atoms with Gasteiger partial charge in [0.15, 0.2) is 0 Å². The average molecular weight is 454 g/mol. The predicted molar refractivity (Wildman–Crippen MR) is 86.2 cm³/mol. The average Bonchev–Trinajstić information content (AvgIpc) is 2.43. The Morgan fingerprint density at radius 3 is 2.52 bits per heavy atom. The highest BCUT2D eigenvalue weighted by atomic mass is 79.9. The van der Waals surface area contributed by atoms with Gasteiger partial charge in [0.25, 0.3) is 5.56 Å². The molecule has 0 radical (unpaired) electrons. The van der Waals surface area contributed by atoms with E-state index in [-0.39, 0.29) is 0 Å². The van der Waals surface area contributed by atoms with Crippen molar-refractivity contribution in [1.29, 1.82) is 0 Å². The van der Waals surface area contributed by atoms with Gasteiger partial charge in [-0.05, 0) is 46.3 Å². The summed E-state index contributed by atoms with van der Waals surface area (Å²) >= 11 is 6.51. The van der Waals surface area contributed by atoms with Gasteiger partial charge in [-0.15, -0.1) is 0 Å². The number of nitrogens with one attached hydrogen (secondary N) is 1. The summed E-state index contributed by atoms with van der Waals surface area (Å²) in [5, 5.41) is 2.52. The molecule has 2 rings (SSSR count). The predicted octanol–water partition coefficient (Wildman–Crippen LogP) is 4.03. The molecule has 9 heteroatoms. The molecule has 1 amide bonds. The topological polar surface area (TPSA) is 51.1 Å². The van der Waals surface area contributed by atoms with E-state index in [0.717, 1.165) is 16.7 Å². The number of amides is 1. The van der Waals surface area contributed by atoms with E-state index in [9.17, 15) is 22.8 Å². The summed E-state index contributed by atoms with van der Waals surface area (Å²) in [4.78, 5) is 23.7. The van der Waals surface area contributed by atoms with Crippen LogP contribution in [0.5, 0.6) is 0 Å². The Bertz CT molecular complexity index is 803. The molecule has 1 aromatic heterocycles. The van der Waals surface area contributed by atoms with Crippen LogP contribution in [0.15, 0.2) is 50.3 Å². The van der Waals surface area contributed by atoms with Crippen molar-refractivity contribution in [1.82, 2.24) is 4.57 Å². The molecule has 122 valence electrons. The first-order valence-corrected chi connectivity index (χ1v) is 7.78. The van der Waals surface area contributed by atoms with E-state index in [1.54, 1.807) is 18.2 Å². The van der Waals surface area contributed by atoms with Crippen molar-refractivity contribution >= 4 is 43.5 Å². The quantitative estimate of drug-likeness (QED) is 0.762. The zero-order valence-corrected chi connectivity index (χ0v) is 14.5. The van der Waals surface area contributed by atoms with Crippen molar-refractivity contribution in [2.45, 2.75) is 12.7 Å². The number of pyridine rings is 1. The fourth-order valence-corrected chi connectivity index (χ4v) is 2.96. The van der Waals surface area contributed by atoms with Gasteiger partial charge in [0.1, 0.15) is 12.1 Å². The van der Waals surface area contributed by atoms with Crippen LogP contribution in [0.3, 0.4) is 0 Å². The summed E-state index contributed by atoms with van der Waals surface area (Å²) in [5.41, 5.74) is -2.12. The smallest absolute Gasteiger partial charge is 0.324 e. The monoisotopic (exact) mass is 452 g/mol. The summed E-state index contributed by atoms with van der Waals surface area (Å²) in [6.45, 7) is -0.523. The minimum absolute atomic E-state index is 0.443. The third-order valence-corrected chi connectivity index (χ3v) is 3.99. The van der Waals surface area contributed by atoms with Crippen molar-refractivity contribution < 1.29 is 18.0 Å². The lowest BCUT2D eigenvalue weighted by Gasteiger charge is -2.11.